The molecule has 114 valence electrons. The summed E-state index contributed by atoms with van der Waals surface area (Å²) in [5.41, 5.74) is 2.64. The van der Waals surface area contributed by atoms with Crippen LogP contribution in [0, 0.1) is 17.0 Å². The molecule has 0 bridgehead atoms. The summed E-state index contributed by atoms with van der Waals surface area (Å²) >= 11 is 0. The van der Waals surface area contributed by atoms with Crippen molar-refractivity contribution in [2.24, 2.45) is 5.84 Å². The number of nitrogens with zero attached hydrogens (tertiary/aromatic N) is 1. The van der Waals surface area contributed by atoms with Gasteiger partial charge in [0.15, 0.2) is 5.75 Å². The van der Waals surface area contributed by atoms with Gasteiger partial charge in [0.05, 0.1) is 11.0 Å². The quantitative estimate of drug-likeness (QED) is 0.359. The lowest BCUT2D eigenvalue weighted by molar-refractivity contribution is -0.386. The standard InChI is InChI=1S/C13H17N3O5/c1-8-3-2-4-10(16(18)19)12(8)20-7-9-5-6-11(21-9)13(17)15-14/h2-4,9,11H,5-7,14H2,1H3,(H,15,17). The first-order chi connectivity index (χ1) is 10.0. The molecule has 0 spiro atoms. The molecule has 2 atom stereocenters. The number of nitrogens with one attached hydrogen (secondary N) is 1. The number of benzene rings is 1. The Kier molecular flexibility index (Phi) is 4.71. The van der Waals surface area contributed by atoms with E-state index in [1.807, 2.05) is 5.43 Å². The molecule has 0 aliphatic carbocycles. The van der Waals surface area contributed by atoms with Gasteiger partial charge in [0.2, 0.25) is 0 Å². The number of hydrazine groups is 1. The summed E-state index contributed by atoms with van der Waals surface area (Å²) in [4.78, 5) is 21.8. The zero-order valence-electron chi connectivity index (χ0n) is 11.6. The lowest BCUT2D eigenvalue weighted by Gasteiger charge is -2.14. The van der Waals surface area contributed by atoms with Crippen molar-refractivity contribution in [3.63, 3.8) is 0 Å². The molecular formula is C13H17N3O5. The fourth-order valence-corrected chi connectivity index (χ4v) is 2.26. The number of hydrogen-bond donors (Lipinski definition) is 2. The molecule has 1 aromatic carbocycles. The van der Waals surface area contributed by atoms with E-state index in [1.54, 1.807) is 19.1 Å². The highest BCUT2D eigenvalue weighted by atomic mass is 16.6. The summed E-state index contributed by atoms with van der Waals surface area (Å²) < 4.78 is 11.0. The Morgan fingerprint density at radius 2 is 2.33 bits per heavy atom. The highest BCUT2D eigenvalue weighted by Gasteiger charge is 2.31. The summed E-state index contributed by atoms with van der Waals surface area (Å²) in [7, 11) is 0. The van der Waals surface area contributed by atoms with Gasteiger partial charge < -0.3 is 9.47 Å². The zero-order valence-corrected chi connectivity index (χ0v) is 11.6. The average molecular weight is 295 g/mol. The van der Waals surface area contributed by atoms with Gasteiger partial charge in [-0.25, -0.2) is 5.84 Å². The predicted molar refractivity (Wildman–Crippen MR) is 73.6 cm³/mol. The molecule has 3 N–H and O–H groups in total. The minimum atomic E-state index is -0.588. The monoisotopic (exact) mass is 295 g/mol. The van der Waals surface area contributed by atoms with Gasteiger partial charge in [-0.3, -0.25) is 20.3 Å². The van der Waals surface area contributed by atoms with Crippen LogP contribution in [0.15, 0.2) is 18.2 Å². The van der Waals surface area contributed by atoms with Crippen LogP contribution in [0.2, 0.25) is 0 Å². The first-order valence-corrected chi connectivity index (χ1v) is 6.55. The van der Waals surface area contributed by atoms with Crippen molar-refractivity contribution < 1.29 is 19.2 Å². The van der Waals surface area contributed by atoms with Gasteiger partial charge in [0.25, 0.3) is 5.91 Å². The molecule has 1 aromatic rings. The molecule has 0 saturated carbocycles. The molecule has 8 heteroatoms. The van der Waals surface area contributed by atoms with Crippen molar-refractivity contribution >= 4 is 11.6 Å². The Labute approximate surface area is 121 Å². The Morgan fingerprint density at radius 1 is 1.57 bits per heavy atom. The number of ether oxygens (including phenoxy) is 2. The van der Waals surface area contributed by atoms with E-state index in [2.05, 4.69) is 0 Å². The number of amides is 1. The molecule has 1 aliphatic rings. The van der Waals surface area contributed by atoms with Crippen LogP contribution >= 0.6 is 0 Å². The Morgan fingerprint density at radius 3 is 3.00 bits per heavy atom. The SMILES string of the molecule is Cc1cccc([N+](=O)[O-])c1OCC1CCC(C(=O)NN)O1. The number of aryl methyl sites for hydroxylation is 1. The maximum Gasteiger partial charge on any atom is 0.311 e. The number of nitrogens with two attached hydrogens (primary N) is 1. The molecule has 21 heavy (non-hydrogen) atoms. The largest absolute Gasteiger partial charge is 0.484 e. The second-order valence-electron chi connectivity index (χ2n) is 4.82. The van der Waals surface area contributed by atoms with Crippen molar-refractivity contribution in [3.05, 3.63) is 33.9 Å². The minimum absolute atomic E-state index is 0.0794. The van der Waals surface area contributed by atoms with Crippen LogP contribution in [0.4, 0.5) is 5.69 Å². The second-order valence-corrected chi connectivity index (χ2v) is 4.82. The van der Waals surface area contributed by atoms with E-state index in [4.69, 9.17) is 15.3 Å². The van der Waals surface area contributed by atoms with Crippen molar-refractivity contribution in [1.29, 1.82) is 0 Å². The van der Waals surface area contributed by atoms with Gasteiger partial charge >= 0.3 is 5.69 Å². The van der Waals surface area contributed by atoms with Crippen molar-refractivity contribution in [1.82, 2.24) is 5.43 Å². The number of carbonyl (C=O) groups is 1. The lowest BCUT2D eigenvalue weighted by atomic mass is 10.2. The Bertz CT molecular complexity index is 549. The number of hydrogen-bond acceptors (Lipinski definition) is 6. The molecule has 8 nitrogen and oxygen atoms in total. The molecule has 1 saturated heterocycles. The van der Waals surface area contributed by atoms with Gasteiger partial charge in [0.1, 0.15) is 12.7 Å². The predicted octanol–water partition coefficient (Wildman–Crippen LogP) is 0.820. The summed E-state index contributed by atoms with van der Waals surface area (Å²) in [5, 5.41) is 11.0. The minimum Gasteiger partial charge on any atom is -0.484 e. The zero-order chi connectivity index (χ0) is 15.4. The number of nitro benzene ring substituents is 1. The first-order valence-electron chi connectivity index (χ1n) is 6.55. The fourth-order valence-electron chi connectivity index (χ4n) is 2.26. The fraction of sp³-hybridized carbons (Fsp3) is 0.462. The van der Waals surface area contributed by atoms with E-state index in [0.29, 0.717) is 18.4 Å². The van der Waals surface area contributed by atoms with E-state index in [0.717, 1.165) is 0 Å². The van der Waals surface area contributed by atoms with E-state index in [1.165, 1.54) is 6.07 Å². The molecule has 0 aromatic heterocycles. The number of para-hydroxylation sites is 1. The maximum absolute atomic E-state index is 11.3. The summed E-state index contributed by atoms with van der Waals surface area (Å²) in [5.74, 6) is 4.91. The van der Waals surface area contributed by atoms with Gasteiger partial charge in [-0.05, 0) is 25.3 Å². The van der Waals surface area contributed by atoms with Gasteiger partial charge in [-0.1, -0.05) is 12.1 Å². The van der Waals surface area contributed by atoms with E-state index in [9.17, 15) is 14.9 Å². The van der Waals surface area contributed by atoms with Crippen LogP contribution in [0.25, 0.3) is 0 Å². The van der Waals surface area contributed by atoms with Crippen LogP contribution in [0.5, 0.6) is 5.75 Å². The van der Waals surface area contributed by atoms with E-state index < -0.39 is 11.0 Å². The summed E-state index contributed by atoms with van der Waals surface area (Å²) in [6, 6.07) is 4.74. The second kappa shape index (κ2) is 6.51. The van der Waals surface area contributed by atoms with Crippen molar-refractivity contribution in [2.75, 3.05) is 6.61 Å². The molecule has 1 fully saturated rings. The smallest absolute Gasteiger partial charge is 0.311 e. The topological polar surface area (TPSA) is 117 Å². The molecule has 0 radical (unpaired) electrons. The summed E-state index contributed by atoms with van der Waals surface area (Å²) in [6.07, 6.45) is 0.312. The highest BCUT2D eigenvalue weighted by Crippen LogP contribution is 2.31. The molecule has 1 heterocycles. The third kappa shape index (κ3) is 3.47. The number of carbonyl (C=O) groups excluding carboxylic acids is 1. The Hall–Kier alpha value is -2.19. The molecule has 2 rings (SSSR count). The molecule has 1 amide bonds. The molecular weight excluding hydrogens is 278 g/mol. The van der Waals surface area contributed by atoms with Crippen molar-refractivity contribution in [2.45, 2.75) is 32.0 Å². The van der Waals surface area contributed by atoms with Crippen LogP contribution in [0.1, 0.15) is 18.4 Å². The maximum atomic E-state index is 11.3. The number of nitro groups is 1. The molecule has 2 unspecified atom stereocenters. The van der Waals surface area contributed by atoms with Crippen molar-refractivity contribution in [3.8, 4) is 5.75 Å². The Balaban J connectivity index is 1.98. The normalized spacial score (nSPS) is 21.0. The van der Waals surface area contributed by atoms with Gasteiger partial charge in [-0.2, -0.15) is 0 Å². The third-order valence-electron chi connectivity index (χ3n) is 3.34. The van der Waals surface area contributed by atoms with Crippen LogP contribution < -0.4 is 16.0 Å². The van der Waals surface area contributed by atoms with E-state index >= 15 is 0 Å². The first kappa shape index (κ1) is 15.2. The highest BCUT2D eigenvalue weighted by molar-refractivity contribution is 5.80. The van der Waals surface area contributed by atoms with Gasteiger partial charge in [0, 0.05) is 6.07 Å². The summed E-state index contributed by atoms with van der Waals surface area (Å²) in [6.45, 7) is 1.89. The number of rotatable bonds is 5. The van der Waals surface area contributed by atoms with E-state index in [-0.39, 0.29) is 30.1 Å². The lowest BCUT2D eigenvalue weighted by Crippen LogP contribution is -2.39. The van der Waals surface area contributed by atoms with Gasteiger partial charge in [-0.15, -0.1) is 0 Å². The third-order valence-corrected chi connectivity index (χ3v) is 3.34. The average Bonchev–Trinajstić information content (AvgIpc) is 2.93. The van der Waals surface area contributed by atoms with Crippen LogP contribution in [-0.4, -0.2) is 29.6 Å². The van der Waals surface area contributed by atoms with Crippen LogP contribution in [0.3, 0.4) is 0 Å². The molecule has 1 aliphatic heterocycles. The van der Waals surface area contributed by atoms with Crippen LogP contribution in [-0.2, 0) is 9.53 Å².